The third kappa shape index (κ3) is 4.45. The normalized spacial score (nSPS) is 15.1. The van der Waals surface area contributed by atoms with Crippen LogP contribution in [0.5, 0.6) is 0 Å². The van der Waals surface area contributed by atoms with E-state index in [9.17, 15) is 4.79 Å². The first kappa shape index (κ1) is 20.3. The van der Waals surface area contributed by atoms with Crippen molar-refractivity contribution in [3.05, 3.63) is 40.7 Å². The molecular weight excluding hydrogens is 410 g/mol. The molecule has 0 bridgehead atoms. The van der Waals surface area contributed by atoms with Crippen LogP contribution in [0.4, 0.5) is 5.13 Å². The minimum absolute atomic E-state index is 0.0779. The lowest BCUT2D eigenvalue weighted by Crippen LogP contribution is -2.43. The van der Waals surface area contributed by atoms with E-state index < -0.39 is 0 Å². The molecule has 0 aliphatic carbocycles. The van der Waals surface area contributed by atoms with E-state index in [1.54, 1.807) is 9.58 Å². The van der Waals surface area contributed by atoms with E-state index in [1.807, 2.05) is 38.1 Å². The second-order valence-corrected chi connectivity index (χ2v) is 8.45. The highest BCUT2D eigenvalue weighted by Crippen LogP contribution is 2.31. The summed E-state index contributed by atoms with van der Waals surface area (Å²) < 4.78 is 8.16. The largest absolute Gasteiger partial charge is 0.379 e. The van der Waals surface area contributed by atoms with Gasteiger partial charge in [-0.1, -0.05) is 22.9 Å². The Hall–Kier alpha value is -2.00. The van der Waals surface area contributed by atoms with Crippen molar-refractivity contribution in [2.45, 2.75) is 20.4 Å². The molecule has 0 spiro atoms. The van der Waals surface area contributed by atoms with Gasteiger partial charge in [-0.3, -0.25) is 19.3 Å². The minimum atomic E-state index is -0.0779. The van der Waals surface area contributed by atoms with Gasteiger partial charge in [0.1, 0.15) is 5.69 Å². The van der Waals surface area contributed by atoms with Gasteiger partial charge in [0.2, 0.25) is 0 Å². The molecule has 3 heterocycles. The number of hydrogen-bond donors (Lipinski definition) is 0. The molecule has 2 aromatic heterocycles. The van der Waals surface area contributed by atoms with E-state index >= 15 is 0 Å². The van der Waals surface area contributed by atoms with Gasteiger partial charge in [-0.05, 0) is 38.1 Å². The first-order valence-corrected chi connectivity index (χ1v) is 11.0. The molecule has 4 rings (SSSR count). The fourth-order valence-electron chi connectivity index (χ4n) is 3.45. The van der Waals surface area contributed by atoms with Crippen molar-refractivity contribution in [1.29, 1.82) is 0 Å². The van der Waals surface area contributed by atoms with Gasteiger partial charge in [0, 0.05) is 37.7 Å². The number of hydrogen-bond acceptors (Lipinski definition) is 6. The fraction of sp³-hybridized carbons (Fsp3) is 0.450. The molecule has 1 saturated heterocycles. The number of carbonyl (C=O) groups is 1. The summed E-state index contributed by atoms with van der Waals surface area (Å²) in [5.41, 5.74) is 2.27. The zero-order chi connectivity index (χ0) is 20.4. The summed E-state index contributed by atoms with van der Waals surface area (Å²) in [4.78, 5) is 22.3. The van der Waals surface area contributed by atoms with Gasteiger partial charge in [0.15, 0.2) is 5.13 Å². The molecule has 1 fully saturated rings. The highest BCUT2D eigenvalue weighted by molar-refractivity contribution is 7.22. The van der Waals surface area contributed by atoms with Gasteiger partial charge < -0.3 is 4.74 Å². The van der Waals surface area contributed by atoms with Crippen LogP contribution < -0.4 is 4.90 Å². The van der Waals surface area contributed by atoms with Crippen LogP contribution in [0.3, 0.4) is 0 Å². The molecule has 154 valence electrons. The highest BCUT2D eigenvalue weighted by Gasteiger charge is 2.25. The zero-order valence-corrected chi connectivity index (χ0v) is 18.2. The van der Waals surface area contributed by atoms with Crippen LogP contribution in [0, 0.1) is 6.92 Å². The third-order valence-electron chi connectivity index (χ3n) is 4.98. The summed E-state index contributed by atoms with van der Waals surface area (Å²) in [5, 5.41) is 5.79. The van der Waals surface area contributed by atoms with Crippen molar-refractivity contribution in [2.75, 3.05) is 44.3 Å². The summed E-state index contributed by atoms with van der Waals surface area (Å²) in [6.07, 6.45) is 0. The monoisotopic (exact) mass is 433 g/mol. The first-order chi connectivity index (χ1) is 14.0. The van der Waals surface area contributed by atoms with E-state index in [4.69, 9.17) is 21.3 Å². The number of rotatable bonds is 6. The molecule has 29 heavy (non-hydrogen) atoms. The van der Waals surface area contributed by atoms with Crippen LogP contribution >= 0.6 is 22.9 Å². The quantitative estimate of drug-likeness (QED) is 0.595. The van der Waals surface area contributed by atoms with Crippen molar-refractivity contribution in [3.8, 4) is 0 Å². The molecule has 1 aromatic carbocycles. The van der Waals surface area contributed by atoms with Crippen LogP contribution in [0.2, 0.25) is 5.02 Å². The number of carbonyl (C=O) groups excluding carboxylic acids is 1. The Bertz CT molecular complexity index is 1010. The zero-order valence-electron chi connectivity index (χ0n) is 16.6. The lowest BCUT2D eigenvalue weighted by molar-refractivity contribution is 0.0391. The summed E-state index contributed by atoms with van der Waals surface area (Å²) in [7, 11) is 0. The SMILES string of the molecule is CCn1nc(C)cc1C(=O)N(CCN1CCOCC1)c1nc2ccc(Cl)cc2s1. The molecule has 0 N–H and O–H groups in total. The maximum atomic E-state index is 13.5. The summed E-state index contributed by atoms with van der Waals surface area (Å²) in [6, 6.07) is 7.45. The number of halogens is 1. The lowest BCUT2D eigenvalue weighted by atomic mass is 10.3. The molecule has 7 nitrogen and oxygen atoms in total. The van der Waals surface area contributed by atoms with Gasteiger partial charge in [-0.2, -0.15) is 5.10 Å². The van der Waals surface area contributed by atoms with Crippen molar-refractivity contribution < 1.29 is 9.53 Å². The van der Waals surface area contributed by atoms with Crippen LogP contribution in [0.1, 0.15) is 23.1 Å². The van der Waals surface area contributed by atoms with E-state index in [-0.39, 0.29) is 5.91 Å². The maximum Gasteiger partial charge on any atom is 0.278 e. The Morgan fingerprint density at radius 1 is 1.31 bits per heavy atom. The number of amides is 1. The second kappa shape index (κ2) is 8.79. The average Bonchev–Trinajstić information content (AvgIpc) is 3.31. The fourth-order valence-corrected chi connectivity index (χ4v) is 4.71. The number of morpholine rings is 1. The van der Waals surface area contributed by atoms with Crippen molar-refractivity contribution in [2.24, 2.45) is 0 Å². The van der Waals surface area contributed by atoms with Crippen molar-refractivity contribution in [1.82, 2.24) is 19.7 Å². The number of fused-ring (bicyclic) bond motifs is 1. The molecule has 3 aromatic rings. The molecular formula is C20H24ClN5O2S. The van der Waals surface area contributed by atoms with Crippen molar-refractivity contribution in [3.63, 3.8) is 0 Å². The second-order valence-electron chi connectivity index (χ2n) is 7.01. The number of benzene rings is 1. The van der Waals surface area contributed by atoms with Gasteiger partial charge in [0.05, 0.1) is 29.1 Å². The molecule has 1 aliphatic heterocycles. The number of ether oxygens (including phenoxy) is 1. The van der Waals surface area contributed by atoms with E-state index in [2.05, 4.69) is 10.00 Å². The number of thiazole rings is 1. The standard InChI is InChI=1S/C20H24ClN5O2S/c1-3-26-17(12-14(2)23-26)19(27)25(7-6-24-8-10-28-11-9-24)20-22-16-5-4-15(21)13-18(16)29-20/h4-5,12-13H,3,6-11H2,1-2H3. The van der Waals surface area contributed by atoms with Gasteiger partial charge in [-0.25, -0.2) is 4.98 Å². The molecule has 1 aliphatic rings. The van der Waals surface area contributed by atoms with Gasteiger partial charge in [-0.15, -0.1) is 0 Å². The predicted octanol–water partition coefficient (Wildman–Crippen LogP) is 3.45. The smallest absolute Gasteiger partial charge is 0.278 e. The average molecular weight is 434 g/mol. The Labute approximate surface area is 178 Å². The molecule has 0 saturated carbocycles. The van der Waals surface area contributed by atoms with Crippen LogP contribution in [-0.2, 0) is 11.3 Å². The van der Waals surface area contributed by atoms with Crippen LogP contribution in [-0.4, -0.2) is 65.0 Å². The molecule has 9 heteroatoms. The topological polar surface area (TPSA) is 63.5 Å². The molecule has 0 radical (unpaired) electrons. The molecule has 0 unspecified atom stereocenters. The number of nitrogens with zero attached hydrogens (tertiary/aromatic N) is 5. The summed E-state index contributed by atoms with van der Waals surface area (Å²) in [5.74, 6) is -0.0779. The Kier molecular flexibility index (Phi) is 6.15. The lowest BCUT2D eigenvalue weighted by Gasteiger charge is -2.29. The Balaban J connectivity index is 1.66. The molecule has 0 atom stereocenters. The first-order valence-electron chi connectivity index (χ1n) is 9.77. The van der Waals surface area contributed by atoms with Gasteiger partial charge in [0.25, 0.3) is 5.91 Å². The predicted molar refractivity (Wildman–Crippen MR) is 116 cm³/mol. The third-order valence-corrected chi connectivity index (χ3v) is 6.26. The van der Waals surface area contributed by atoms with E-state index in [0.717, 1.165) is 48.8 Å². The minimum Gasteiger partial charge on any atom is -0.379 e. The number of aryl methyl sites for hydroxylation is 2. The Morgan fingerprint density at radius 2 is 2.10 bits per heavy atom. The van der Waals surface area contributed by atoms with Gasteiger partial charge >= 0.3 is 0 Å². The van der Waals surface area contributed by atoms with E-state index in [0.29, 0.717) is 28.9 Å². The van der Waals surface area contributed by atoms with E-state index in [1.165, 1.54) is 11.3 Å². The van der Waals surface area contributed by atoms with Crippen LogP contribution in [0.15, 0.2) is 24.3 Å². The Morgan fingerprint density at radius 3 is 2.86 bits per heavy atom. The van der Waals surface area contributed by atoms with Crippen LogP contribution in [0.25, 0.3) is 10.2 Å². The number of anilines is 1. The highest BCUT2D eigenvalue weighted by atomic mass is 35.5. The van der Waals surface area contributed by atoms with Crippen molar-refractivity contribution >= 4 is 44.2 Å². The number of aromatic nitrogens is 3. The summed E-state index contributed by atoms with van der Waals surface area (Å²) in [6.45, 7) is 9.08. The molecule has 1 amide bonds. The maximum absolute atomic E-state index is 13.5. The summed E-state index contributed by atoms with van der Waals surface area (Å²) >= 11 is 7.63.